The van der Waals surface area contributed by atoms with Gasteiger partial charge in [-0.15, -0.1) is 0 Å². The Bertz CT molecular complexity index is 374. The first-order valence-electron chi connectivity index (χ1n) is 4.89. The summed E-state index contributed by atoms with van der Waals surface area (Å²) in [6.07, 6.45) is 1.41. The number of benzene rings is 1. The van der Waals surface area contributed by atoms with Gasteiger partial charge in [0.2, 0.25) is 0 Å². The fourth-order valence-electron chi connectivity index (χ4n) is 1.42. The van der Waals surface area contributed by atoms with Crippen LogP contribution >= 0.6 is 0 Å². The van der Waals surface area contributed by atoms with Gasteiger partial charge < -0.3 is 0 Å². The molecule has 0 N–H and O–H groups in total. The number of nitro benzene ring substituents is 1. The lowest BCUT2D eigenvalue weighted by molar-refractivity contribution is -0.385. The standard InChI is InChI=1S/C11H13NO3/c1-2-5-10(13)8-9-6-3-4-7-11(9)12(14)15/h3-4,6-7H,2,5,8H2,1H3. The summed E-state index contributed by atoms with van der Waals surface area (Å²) in [5.74, 6) is 0.0480. The molecule has 0 aliphatic heterocycles. The lowest BCUT2D eigenvalue weighted by atomic mass is 10.0. The van der Waals surface area contributed by atoms with Crippen molar-refractivity contribution < 1.29 is 9.72 Å². The molecule has 1 aromatic rings. The Morgan fingerprint density at radius 3 is 2.67 bits per heavy atom. The van der Waals surface area contributed by atoms with Crippen molar-refractivity contribution in [3.63, 3.8) is 0 Å². The number of hydrogen-bond donors (Lipinski definition) is 0. The molecule has 0 radical (unpaired) electrons. The first-order chi connectivity index (χ1) is 7.15. The molecule has 0 aliphatic rings. The molecule has 0 atom stereocenters. The van der Waals surface area contributed by atoms with Crippen LogP contribution in [0.5, 0.6) is 0 Å². The number of para-hydroxylation sites is 1. The predicted octanol–water partition coefficient (Wildman–Crippen LogP) is 2.51. The molecule has 0 bridgehead atoms. The van der Waals surface area contributed by atoms with Crippen molar-refractivity contribution in [3.8, 4) is 0 Å². The molecule has 0 aromatic heterocycles. The zero-order chi connectivity index (χ0) is 11.3. The molecule has 15 heavy (non-hydrogen) atoms. The summed E-state index contributed by atoms with van der Waals surface area (Å²) in [7, 11) is 0. The molecule has 0 spiro atoms. The highest BCUT2D eigenvalue weighted by Crippen LogP contribution is 2.18. The summed E-state index contributed by atoms with van der Waals surface area (Å²) in [5.41, 5.74) is 0.530. The number of rotatable bonds is 5. The smallest absolute Gasteiger partial charge is 0.273 e. The first kappa shape index (κ1) is 11.4. The minimum Gasteiger partial charge on any atom is -0.299 e. The number of carbonyl (C=O) groups excluding carboxylic acids is 1. The van der Waals surface area contributed by atoms with Gasteiger partial charge in [0, 0.05) is 24.5 Å². The van der Waals surface area contributed by atoms with Gasteiger partial charge in [-0.3, -0.25) is 14.9 Å². The number of hydrogen-bond acceptors (Lipinski definition) is 3. The molecule has 0 heterocycles. The second-order valence-corrected chi connectivity index (χ2v) is 3.35. The summed E-state index contributed by atoms with van der Waals surface area (Å²) in [5, 5.41) is 10.7. The highest BCUT2D eigenvalue weighted by atomic mass is 16.6. The van der Waals surface area contributed by atoms with Crippen LogP contribution in [-0.4, -0.2) is 10.7 Å². The van der Waals surface area contributed by atoms with Gasteiger partial charge in [-0.05, 0) is 6.42 Å². The Balaban J connectivity index is 2.84. The van der Waals surface area contributed by atoms with Crippen LogP contribution < -0.4 is 0 Å². The van der Waals surface area contributed by atoms with Crippen LogP contribution in [0.1, 0.15) is 25.3 Å². The van der Waals surface area contributed by atoms with Crippen molar-refractivity contribution in [1.82, 2.24) is 0 Å². The molecule has 0 amide bonds. The number of ketones is 1. The zero-order valence-corrected chi connectivity index (χ0v) is 8.60. The molecule has 0 saturated carbocycles. The Labute approximate surface area is 88.1 Å². The predicted molar refractivity (Wildman–Crippen MR) is 56.7 cm³/mol. The quantitative estimate of drug-likeness (QED) is 0.550. The maximum Gasteiger partial charge on any atom is 0.273 e. The molecule has 0 fully saturated rings. The molecule has 4 nitrogen and oxygen atoms in total. The zero-order valence-electron chi connectivity index (χ0n) is 8.60. The Morgan fingerprint density at radius 2 is 2.07 bits per heavy atom. The van der Waals surface area contributed by atoms with Crippen molar-refractivity contribution >= 4 is 11.5 Å². The Kier molecular flexibility index (Phi) is 3.97. The van der Waals surface area contributed by atoms with Gasteiger partial charge in [-0.2, -0.15) is 0 Å². The van der Waals surface area contributed by atoms with Crippen molar-refractivity contribution in [2.24, 2.45) is 0 Å². The molecule has 0 saturated heterocycles. The van der Waals surface area contributed by atoms with Gasteiger partial charge in [-0.1, -0.05) is 25.1 Å². The third-order valence-electron chi connectivity index (χ3n) is 2.10. The second kappa shape index (κ2) is 5.24. The fraction of sp³-hybridized carbons (Fsp3) is 0.364. The van der Waals surface area contributed by atoms with Crippen LogP contribution in [0, 0.1) is 10.1 Å². The minimum absolute atomic E-state index is 0.0296. The summed E-state index contributed by atoms with van der Waals surface area (Å²) in [6.45, 7) is 1.91. The van der Waals surface area contributed by atoms with Gasteiger partial charge >= 0.3 is 0 Å². The monoisotopic (exact) mass is 207 g/mol. The van der Waals surface area contributed by atoms with Crippen LogP contribution in [0.4, 0.5) is 5.69 Å². The average molecular weight is 207 g/mol. The van der Waals surface area contributed by atoms with E-state index in [2.05, 4.69) is 0 Å². The molecular formula is C11H13NO3. The van der Waals surface area contributed by atoms with E-state index >= 15 is 0 Å². The van der Waals surface area contributed by atoms with Crippen LogP contribution in [0.15, 0.2) is 24.3 Å². The number of carbonyl (C=O) groups is 1. The summed E-state index contributed by atoms with van der Waals surface area (Å²) in [4.78, 5) is 21.6. The van der Waals surface area contributed by atoms with Crippen LogP contribution in [0.25, 0.3) is 0 Å². The SMILES string of the molecule is CCCC(=O)Cc1ccccc1[N+](=O)[O-]. The summed E-state index contributed by atoms with van der Waals surface area (Å²) in [6, 6.07) is 6.37. The second-order valence-electron chi connectivity index (χ2n) is 3.35. The minimum atomic E-state index is -0.450. The van der Waals surface area contributed by atoms with E-state index in [1.54, 1.807) is 18.2 Å². The third kappa shape index (κ3) is 3.16. The van der Waals surface area contributed by atoms with Crippen molar-refractivity contribution in [2.45, 2.75) is 26.2 Å². The van der Waals surface area contributed by atoms with E-state index in [-0.39, 0.29) is 17.9 Å². The van der Waals surface area contributed by atoms with Crippen LogP contribution in [0.3, 0.4) is 0 Å². The van der Waals surface area contributed by atoms with Crippen LogP contribution in [-0.2, 0) is 11.2 Å². The molecule has 0 aliphatic carbocycles. The van der Waals surface area contributed by atoms with Gasteiger partial charge in [0.25, 0.3) is 5.69 Å². The largest absolute Gasteiger partial charge is 0.299 e. The molecule has 80 valence electrons. The van der Waals surface area contributed by atoms with Gasteiger partial charge in [-0.25, -0.2) is 0 Å². The molecule has 4 heteroatoms. The van der Waals surface area contributed by atoms with E-state index in [4.69, 9.17) is 0 Å². The molecule has 1 rings (SSSR count). The lowest BCUT2D eigenvalue weighted by Gasteiger charge is -2.01. The van der Waals surface area contributed by atoms with Crippen molar-refractivity contribution in [2.75, 3.05) is 0 Å². The maximum absolute atomic E-state index is 11.4. The van der Waals surface area contributed by atoms with Gasteiger partial charge in [0.1, 0.15) is 5.78 Å². The Hall–Kier alpha value is -1.71. The van der Waals surface area contributed by atoms with Crippen LogP contribution in [0.2, 0.25) is 0 Å². The van der Waals surface area contributed by atoms with E-state index in [0.29, 0.717) is 12.0 Å². The summed E-state index contributed by atoms with van der Waals surface area (Å²) < 4.78 is 0. The normalized spacial score (nSPS) is 9.93. The number of Topliss-reactive ketones (excluding diaryl/α,β-unsaturated/α-hetero) is 1. The fourth-order valence-corrected chi connectivity index (χ4v) is 1.42. The highest BCUT2D eigenvalue weighted by molar-refractivity contribution is 5.81. The molecular weight excluding hydrogens is 194 g/mol. The summed E-state index contributed by atoms with van der Waals surface area (Å²) >= 11 is 0. The Morgan fingerprint density at radius 1 is 1.40 bits per heavy atom. The van der Waals surface area contributed by atoms with E-state index < -0.39 is 4.92 Å². The maximum atomic E-state index is 11.4. The lowest BCUT2D eigenvalue weighted by Crippen LogP contribution is -2.04. The van der Waals surface area contributed by atoms with E-state index in [9.17, 15) is 14.9 Å². The van der Waals surface area contributed by atoms with Gasteiger partial charge in [0.15, 0.2) is 0 Å². The van der Waals surface area contributed by atoms with E-state index in [0.717, 1.165) is 6.42 Å². The highest BCUT2D eigenvalue weighted by Gasteiger charge is 2.14. The van der Waals surface area contributed by atoms with Crippen molar-refractivity contribution in [3.05, 3.63) is 39.9 Å². The van der Waals surface area contributed by atoms with E-state index in [1.165, 1.54) is 6.07 Å². The van der Waals surface area contributed by atoms with Gasteiger partial charge in [0.05, 0.1) is 4.92 Å². The third-order valence-corrected chi connectivity index (χ3v) is 2.10. The first-order valence-corrected chi connectivity index (χ1v) is 4.89. The van der Waals surface area contributed by atoms with E-state index in [1.807, 2.05) is 6.92 Å². The molecule has 0 unspecified atom stereocenters. The molecule has 1 aromatic carbocycles. The van der Waals surface area contributed by atoms with Crippen molar-refractivity contribution in [1.29, 1.82) is 0 Å². The average Bonchev–Trinajstić information content (AvgIpc) is 2.18. The number of nitrogens with zero attached hydrogens (tertiary/aromatic N) is 1. The topological polar surface area (TPSA) is 60.2 Å². The number of nitro groups is 1.